The van der Waals surface area contributed by atoms with Gasteiger partial charge in [0.05, 0.1) is 5.02 Å². The Hall–Kier alpha value is -4.14. The molecule has 7 aromatic rings. The third-order valence-corrected chi connectivity index (χ3v) is 7.58. The molecule has 1 aromatic heterocycles. The third kappa shape index (κ3) is 2.52. The summed E-state index contributed by atoms with van der Waals surface area (Å²) in [5.41, 5.74) is 7.36. The van der Waals surface area contributed by atoms with Crippen molar-refractivity contribution in [2.45, 2.75) is 0 Å². The van der Waals surface area contributed by atoms with Crippen LogP contribution in [0.2, 0.25) is 5.02 Å². The normalized spacial score (nSPS) is 12.3. The zero-order valence-electron chi connectivity index (χ0n) is 18.4. The van der Waals surface area contributed by atoms with E-state index in [1.165, 1.54) is 16.8 Å². The van der Waals surface area contributed by atoms with Crippen molar-refractivity contribution in [3.8, 4) is 33.4 Å². The van der Waals surface area contributed by atoms with Crippen LogP contribution in [0.25, 0.3) is 76.9 Å². The van der Waals surface area contributed by atoms with Crippen molar-refractivity contribution in [2.24, 2.45) is 0 Å². The second kappa shape index (κ2) is 6.71. The summed E-state index contributed by atoms with van der Waals surface area (Å²) in [5.74, 6) is -0.327. The van der Waals surface area contributed by atoms with E-state index in [-0.39, 0.29) is 5.82 Å². The van der Waals surface area contributed by atoms with Crippen molar-refractivity contribution in [2.75, 3.05) is 0 Å². The Bertz CT molecular complexity index is 2030. The van der Waals surface area contributed by atoms with Crippen molar-refractivity contribution in [3.63, 3.8) is 0 Å². The van der Waals surface area contributed by atoms with Gasteiger partial charge in [-0.25, -0.2) is 4.39 Å². The molecule has 35 heavy (non-hydrogen) atoms. The maximum Gasteiger partial charge on any atom is 0.154 e. The van der Waals surface area contributed by atoms with E-state index in [4.69, 9.17) is 16.0 Å². The van der Waals surface area contributed by atoms with Crippen LogP contribution in [0.5, 0.6) is 0 Å². The number of benzene rings is 6. The molecule has 0 aliphatic heterocycles. The predicted molar refractivity (Wildman–Crippen MR) is 144 cm³/mol. The van der Waals surface area contributed by atoms with Crippen LogP contribution in [0.1, 0.15) is 0 Å². The SMILES string of the molecule is Fc1cc2c3c(c1)oc1c(Cl)cc4cccc(c4c13)-c1ccc(-c3cccc4ccccc34)cc1-2. The number of furan rings is 1. The fourth-order valence-electron chi connectivity index (χ4n) is 5.86. The van der Waals surface area contributed by atoms with Gasteiger partial charge >= 0.3 is 0 Å². The van der Waals surface area contributed by atoms with Gasteiger partial charge in [-0.05, 0) is 67.7 Å². The molecule has 0 saturated carbocycles. The molecule has 1 nitrogen and oxygen atoms in total. The van der Waals surface area contributed by atoms with Crippen LogP contribution in [-0.2, 0) is 0 Å². The molecule has 0 unspecified atom stereocenters. The number of fused-ring (bicyclic) bond motifs is 4. The van der Waals surface area contributed by atoms with Crippen LogP contribution in [-0.4, -0.2) is 0 Å². The summed E-state index contributed by atoms with van der Waals surface area (Å²) >= 11 is 6.66. The predicted octanol–water partition coefficient (Wildman–Crippen LogP) is 10.00. The summed E-state index contributed by atoms with van der Waals surface area (Å²) in [5, 5.41) is 6.92. The van der Waals surface area contributed by atoms with E-state index in [0.717, 1.165) is 54.9 Å². The molecular weight excluding hydrogens is 455 g/mol. The zero-order valence-corrected chi connectivity index (χ0v) is 19.2. The molecule has 0 radical (unpaired) electrons. The van der Waals surface area contributed by atoms with E-state index in [9.17, 15) is 4.39 Å². The number of rotatable bonds is 1. The zero-order chi connectivity index (χ0) is 23.3. The number of halogens is 2. The van der Waals surface area contributed by atoms with Gasteiger partial charge in [0.2, 0.25) is 0 Å². The van der Waals surface area contributed by atoms with Crippen LogP contribution < -0.4 is 0 Å². The molecule has 8 rings (SSSR count). The summed E-state index contributed by atoms with van der Waals surface area (Å²) < 4.78 is 21.1. The van der Waals surface area contributed by atoms with Gasteiger partial charge in [-0.2, -0.15) is 0 Å². The maximum absolute atomic E-state index is 14.9. The quantitative estimate of drug-likeness (QED) is 0.232. The van der Waals surface area contributed by atoms with Crippen LogP contribution in [0, 0.1) is 5.82 Å². The fraction of sp³-hybridized carbons (Fsp3) is 0. The molecule has 0 amide bonds. The minimum atomic E-state index is -0.327. The van der Waals surface area contributed by atoms with E-state index in [2.05, 4.69) is 78.9 Å². The summed E-state index contributed by atoms with van der Waals surface area (Å²) in [6.07, 6.45) is 0. The first-order valence-electron chi connectivity index (χ1n) is 11.6. The lowest BCUT2D eigenvalue weighted by Crippen LogP contribution is -1.89. The van der Waals surface area contributed by atoms with Gasteiger partial charge in [-0.3, -0.25) is 0 Å². The molecular formula is C32H16ClFO. The Morgan fingerprint density at radius 2 is 1.37 bits per heavy atom. The highest BCUT2D eigenvalue weighted by molar-refractivity contribution is 6.40. The molecule has 6 aromatic carbocycles. The average molecular weight is 471 g/mol. The summed E-state index contributed by atoms with van der Waals surface area (Å²) in [4.78, 5) is 0. The van der Waals surface area contributed by atoms with Crippen molar-refractivity contribution in [1.82, 2.24) is 0 Å². The first kappa shape index (κ1) is 19.2. The second-order valence-corrected chi connectivity index (χ2v) is 9.59. The van der Waals surface area contributed by atoms with Crippen LogP contribution in [0.3, 0.4) is 0 Å². The molecule has 0 fully saturated rings. The van der Waals surface area contributed by atoms with Crippen molar-refractivity contribution in [3.05, 3.63) is 108 Å². The highest BCUT2D eigenvalue weighted by Gasteiger charge is 2.26. The highest BCUT2D eigenvalue weighted by Crippen LogP contribution is 2.51. The minimum absolute atomic E-state index is 0.327. The van der Waals surface area contributed by atoms with E-state index >= 15 is 0 Å². The maximum atomic E-state index is 14.9. The third-order valence-electron chi connectivity index (χ3n) is 7.30. The molecule has 3 heteroatoms. The smallest absolute Gasteiger partial charge is 0.154 e. The molecule has 0 N–H and O–H groups in total. The molecule has 0 spiro atoms. The average Bonchev–Trinajstić information content (AvgIpc) is 3.22. The van der Waals surface area contributed by atoms with Crippen LogP contribution >= 0.6 is 11.6 Å². The topological polar surface area (TPSA) is 13.1 Å². The van der Waals surface area contributed by atoms with Gasteiger partial charge in [0.1, 0.15) is 11.4 Å². The van der Waals surface area contributed by atoms with E-state index in [1.54, 1.807) is 6.07 Å². The molecule has 0 bridgehead atoms. The van der Waals surface area contributed by atoms with E-state index in [0.29, 0.717) is 16.2 Å². The van der Waals surface area contributed by atoms with E-state index in [1.807, 2.05) is 6.07 Å². The minimum Gasteiger partial charge on any atom is -0.454 e. The highest BCUT2D eigenvalue weighted by atomic mass is 35.5. The van der Waals surface area contributed by atoms with Gasteiger partial charge in [0, 0.05) is 22.2 Å². The van der Waals surface area contributed by atoms with Crippen molar-refractivity contribution >= 4 is 55.1 Å². The molecule has 0 atom stereocenters. The monoisotopic (exact) mass is 470 g/mol. The van der Waals surface area contributed by atoms with Gasteiger partial charge in [-0.15, -0.1) is 0 Å². The molecule has 1 aliphatic rings. The van der Waals surface area contributed by atoms with Gasteiger partial charge in [0.25, 0.3) is 0 Å². The molecule has 1 aliphatic carbocycles. The first-order chi connectivity index (χ1) is 17.2. The Labute approximate surface area is 205 Å². The fourth-order valence-corrected chi connectivity index (χ4v) is 6.11. The molecule has 164 valence electrons. The molecule has 1 heterocycles. The van der Waals surface area contributed by atoms with Gasteiger partial charge in [-0.1, -0.05) is 84.4 Å². The summed E-state index contributed by atoms with van der Waals surface area (Å²) in [6, 6.07) is 32.6. The first-order valence-corrected chi connectivity index (χ1v) is 11.9. The number of hydrogen-bond acceptors (Lipinski definition) is 1. The van der Waals surface area contributed by atoms with E-state index < -0.39 is 0 Å². The Morgan fingerprint density at radius 3 is 2.29 bits per heavy atom. The second-order valence-electron chi connectivity index (χ2n) is 9.18. The van der Waals surface area contributed by atoms with Crippen molar-refractivity contribution in [1.29, 1.82) is 0 Å². The van der Waals surface area contributed by atoms with Gasteiger partial charge in [0.15, 0.2) is 5.58 Å². The molecule has 0 saturated heterocycles. The summed E-state index contributed by atoms with van der Waals surface area (Å²) in [6.45, 7) is 0. The standard InChI is InChI=1S/C32H16ClFO/c33-27-14-19-7-4-10-24-23-12-11-18(22-9-3-6-17-5-1-2-8-21(17)22)13-25(23)26-15-20(34)16-28-30(26)31(29(19)24)32(27)35-28/h1-16H. The van der Waals surface area contributed by atoms with Gasteiger partial charge < -0.3 is 4.42 Å². The van der Waals surface area contributed by atoms with Crippen molar-refractivity contribution < 1.29 is 8.81 Å². The number of hydrogen-bond donors (Lipinski definition) is 0. The Balaban J connectivity index is 1.56. The summed E-state index contributed by atoms with van der Waals surface area (Å²) in [7, 11) is 0. The Kier molecular flexibility index (Phi) is 3.68. The lowest BCUT2D eigenvalue weighted by Gasteiger charge is -2.15. The van der Waals surface area contributed by atoms with Crippen LogP contribution in [0.4, 0.5) is 4.39 Å². The van der Waals surface area contributed by atoms with Crippen LogP contribution in [0.15, 0.2) is 101 Å². The lowest BCUT2D eigenvalue weighted by molar-refractivity contribution is 0.619. The lowest BCUT2D eigenvalue weighted by atomic mass is 9.89. The Morgan fingerprint density at radius 1 is 0.571 bits per heavy atom. The largest absolute Gasteiger partial charge is 0.454 e.